The number of rotatable bonds is 4. The smallest absolute Gasteiger partial charge is 0.358 e. The lowest BCUT2D eigenvalue weighted by atomic mass is 10.2. The highest BCUT2D eigenvalue weighted by Crippen LogP contribution is 2.13. The Hall–Kier alpha value is -3.21. The minimum atomic E-state index is -1.22. The molecule has 0 aliphatic rings. The van der Waals surface area contributed by atoms with E-state index < -0.39 is 11.9 Å². The van der Waals surface area contributed by atoms with Crippen LogP contribution >= 0.6 is 0 Å². The molecule has 2 N–H and O–H groups in total. The average Bonchev–Trinajstić information content (AvgIpc) is 2.88. The van der Waals surface area contributed by atoms with Crippen molar-refractivity contribution < 1.29 is 14.7 Å². The number of carbonyl (C=O) groups excluding carboxylic acids is 1. The summed E-state index contributed by atoms with van der Waals surface area (Å²) in [5.74, 6) is -1.65. The normalized spacial score (nSPS) is 9.75. The first-order valence-electron chi connectivity index (χ1n) is 5.52. The van der Waals surface area contributed by atoms with Gasteiger partial charge in [0.2, 0.25) is 5.91 Å². The quantitative estimate of drug-likeness (QED) is 0.834. The molecule has 0 bridgehead atoms. The van der Waals surface area contributed by atoms with Crippen LogP contribution in [0.1, 0.15) is 16.1 Å². The Morgan fingerprint density at radius 1 is 1.40 bits per heavy atom. The van der Waals surface area contributed by atoms with Crippen LogP contribution in [0, 0.1) is 11.3 Å². The number of carbonyl (C=O) groups is 2. The van der Waals surface area contributed by atoms with Crippen LogP contribution in [0.5, 0.6) is 0 Å². The molecule has 0 atom stereocenters. The maximum atomic E-state index is 11.8. The van der Waals surface area contributed by atoms with E-state index in [1.54, 1.807) is 24.3 Å². The number of nitrogens with one attached hydrogen (secondary N) is 1. The summed E-state index contributed by atoms with van der Waals surface area (Å²) in [6, 6.07) is 8.51. The van der Waals surface area contributed by atoms with Gasteiger partial charge < -0.3 is 10.4 Å². The van der Waals surface area contributed by atoms with Gasteiger partial charge in [0.15, 0.2) is 5.69 Å². The SMILES string of the molecule is N#Cc1ccccc1NC(=O)Cn1cc(C(=O)O)nn1. The summed E-state index contributed by atoms with van der Waals surface area (Å²) in [5, 5.41) is 27.0. The van der Waals surface area contributed by atoms with Crippen LogP contribution in [-0.2, 0) is 11.3 Å². The summed E-state index contributed by atoms with van der Waals surface area (Å²) in [7, 11) is 0. The summed E-state index contributed by atoms with van der Waals surface area (Å²) in [6.45, 7) is -0.194. The Balaban J connectivity index is 2.05. The topological polar surface area (TPSA) is 121 Å². The van der Waals surface area contributed by atoms with Gasteiger partial charge in [-0.15, -0.1) is 5.10 Å². The summed E-state index contributed by atoms with van der Waals surface area (Å²) in [5.41, 5.74) is 0.486. The molecule has 0 aliphatic heterocycles. The molecular formula is C12H9N5O3. The van der Waals surface area contributed by atoms with Gasteiger partial charge in [0.1, 0.15) is 12.6 Å². The van der Waals surface area contributed by atoms with E-state index in [9.17, 15) is 9.59 Å². The molecule has 20 heavy (non-hydrogen) atoms. The number of benzene rings is 1. The Morgan fingerprint density at radius 3 is 2.80 bits per heavy atom. The zero-order chi connectivity index (χ0) is 14.5. The number of nitriles is 1. The number of carboxylic acid groups (broad SMARTS) is 1. The first-order chi connectivity index (χ1) is 9.60. The maximum absolute atomic E-state index is 11.8. The molecule has 2 rings (SSSR count). The van der Waals surface area contributed by atoms with Crippen molar-refractivity contribution in [2.45, 2.75) is 6.54 Å². The first-order valence-corrected chi connectivity index (χ1v) is 5.52. The molecule has 100 valence electrons. The van der Waals surface area contributed by atoms with E-state index in [2.05, 4.69) is 15.6 Å². The lowest BCUT2D eigenvalue weighted by molar-refractivity contribution is -0.116. The number of para-hydroxylation sites is 1. The van der Waals surface area contributed by atoms with Gasteiger partial charge in [-0.2, -0.15) is 5.26 Å². The van der Waals surface area contributed by atoms with Crippen molar-refractivity contribution in [1.82, 2.24) is 15.0 Å². The average molecular weight is 271 g/mol. The number of aromatic nitrogens is 3. The Kier molecular flexibility index (Phi) is 3.72. The van der Waals surface area contributed by atoms with Crippen molar-refractivity contribution in [2.75, 3.05) is 5.32 Å². The molecule has 1 heterocycles. The van der Waals surface area contributed by atoms with Crippen LogP contribution in [0.15, 0.2) is 30.5 Å². The Morgan fingerprint density at radius 2 is 2.15 bits per heavy atom. The van der Waals surface area contributed by atoms with E-state index in [-0.39, 0.29) is 12.2 Å². The third-order valence-electron chi connectivity index (χ3n) is 2.38. The monoisotopic (exact) mass is 271 g/mol. The second-order valence-electron chi connectivity index (χ2n) is 3.81. The fourth-order valence-corrected chi connectivity index (χ4v) is 1.50. The highest BCUT2D eigenvalue weighted by atomic mass is 16.4. The number of anilines is 1. The molecule has 1 aromatic carbocycles. The highest BCUT2D eigenvalue weighted by Gasteiger charge is 2.11. The van der Waals surface area contributed by atoms with Gasteiger partial charge in [0.25, 0.3) is 0 Å². The largest absolute Gasteiger partial charge is 0.476 e. The predicted octanol–water partition coefficient (Wildman–Crippen LogP) is 0.487. The molecule has 0 unspecified atom stereocenters. The van der Waals surface area contributed by atoms with Crippen molar-refractivity contribution in [1.29, 1.82) is 5.26 Å². The number of nitrogens with zero attached hydrogens (tertiary/aromatic N) is 4. The maximum Gasteiger partial charge on any atom is 0.358 e. The molecule has 8 heteroatoms. The minimum absolute atomic E-state index is 0.194. The van der Waals surface area contributed by atoms with Gasteiger partial charge in [-0.3, -0.25) is 4.79 Å². The van der Waals surface area contributed by atoms with Gasteiger partial charge >= 0.3 is 5.97 Å². The number of hydrogen-bond acceptors (Lipinski definition) is 5. The van der Waals surface area contributed by atoms with Crippen molar-refractivity contribution in [2.24, 2.45) is 0 Å². The zero-order valence-corrected chi connectivity index (χ0v) is 10.1. The molecule has 2 aromatic rings. The summed E-state index contributed by atoms with van der Waals surface area (Å²) in [6.07, 6.45) is 1.15. The second-order valence-corrected chi connectivity index (χ2v) is 3.81. The van der Waals surface area contributed by atoms with Gasteiger partial charge in [-0.1, -0.05) is 17.3 Å². The van der Waals surface area contributed by atoms with Gasteiger partial charge in [-0.25, -0.2) is 9.48 Å². The molecular weight excluding hydrogens is 262 g/mol. The van der Waals surface area contributed by atoms with E-state index in [1.807, 2.05) is 6.07 Å². The standard InChI is InChI=1S/C12H9N5O3/c13-5-8-3-1-2-4-9(8)14-11(18)7-17-6-10(12(19)20)15-16-17/h1-4,6H,7H2,(H,14,18)(H,19,20). The molecule has 0 saturated heterocycles. The molecule has 1 amide bonds. The van der Waals surface area contributed by atoms with Crippen molar-refractivity contribution in [3.8, 4) is 6.07 Å². The minimum Gasteiger partial charge on any atom is -0.476 e. The van der Waals surface area contributed by atoms with E-state index in [4.69, 9.17) is 10.4 Å². The van der Waals surface area contributed by atoms with Crippen LogP contribution in [-0.4, -0.2) is 32.0 Å². The number of hydrogen-bond donors (Lipinski definition) is 2. The van der Waals surface area contributed by atoms with Crippen molar-refractivity contribution in [3.05, 3.63) is 41.7 Å². The van der Waals surface area contributed by atoms with E-state index >= 15 is 0 Å². The molecule has 0 spiro atoms. The van der Waals surface area contributed by atoms with Gasteiger partial charge in [0.05, 0.1) is 17.4 Å². The molecule has 0 fully saturated rings. The molecule has 0 radical (unpaired) electrons. The summed E-state index contributed by atoms with van der Waals surface area (Å²) in [4.78, 5) is 22.4. The van der Waals surface area contributed by atoms with Gasteiger partial charge in [-0.05, 0) is 12.1 Å². The van der Waals surface area contributed by atoms with Crippen LogP contribution < -0.4 is 5.32 Å². The third kappa shape index (κ3) is 2.97. The van der Waals surface area contributed by atoms with Crippen LogP contribution in [0.25, 0.3) is 0 Å². The molecule has 1 aromatic heterocycles. The zero-order valence-electron chi connectivity index (χ0n) is 10.1. The fraction of sp³-hybridized carbons (Fsp3) is 0.0833. The lowest BCUT2D eigenvalue weighted by Crippen LogP contribution is -2.19. The number of carboxylic acids is 1. The van der Waals surface area contributed by atoms with E-state index in [0.717, 1.165) is 10.9 Å². The van der Waals surface area contributed by atoms with Crippen molar-refractivity contribution in [3.63, 3.8) is 0 Å². The van der Waals surface area contributed by atoms with Gasteiger partial charge in [0, 0.05) is 0 Å². The Labute approximate surface area is 113 Å². The van der Waals surface area contributed by atoms with E-state index in [0.29, 0.717) is 11.3 Å². The Bertz CT molecular complexity index is 701. The number of amides is 1. The third-order valence-corrected chi connectivity index (χ3v) is 2.38. The fourth-order valence-electron chi connectivity index (χ4n) is 1.50. The van der Waals surface area contributed by atoms with E-state index in [1.165, 1.54) is 0 Å². The van der Waals surface area contributed by atoms with Crippen LogP contribution in [0.3, 0.4) is 0 Å². The number of aromatic carboxylic acids is 1. The first kappa shape index (κ1) is 13.2. The van der Waals surface area contributed by atoms with Crippen LogP contribution in [0.4, 0.5) is 5.69 Å². The van der Waals surface area contributed by atoms with Crippen LogP contribution in [0.2, 0.25) is 0 Å². The lowest BCUT2D eigenvalue weighted by Gasteiger charge is -2.06. The highest BCUT2D eigenvalue weighted by molar-refractivity contribution is 5.92. The van der Waals surface area contributed by atoms with Crippen molar-refractivity contribution >= 4 is 17.6 Å². The predicted molar refractivity (Wildman–Crippen MR) is 66.8 cm³/mol. The second kappa shape index (κ2) is 5.62. The molecule has 0 aliphatic carbocycles. The summed E-state index contributed by atoms with van der Waals surface area (Å²) < 4.78 is 1.10. The summed E-state index contributed by atoms with van der Waals surface area (Å²) >= 11 is 0. The molecule has 8 nitrogen and oxygen atoms in total. The molecule has 0 saturated carbocycles.